The Morgan fingerprint density at radius 1 is 1.48 bits per heavy atom. The summed E-state index contributed by atoms with van der Waals surface area (Å²) >= 11 is 1.55. The fraction of sp³-hybridized carbons (Fsp3) is 0.529. The summed E-state index contributed by atoms with van der Waals surface area (Å²) in [4.78, 5) is 19.2. The fourth-order valence-electron chi connectivity index (χ4n) is 3.40. The number of thiophene rings is 1. The van der Waals surface area contributed by atoms with Gasteiger partial charge in [-0.15, -0.1) is 0 Å². The van der Waals surface area contributed by atoms with Gasteiger partial charge < -0.3 is 14.2 Å². The summed E-state index contributed by atoms with van der Waals surface area (Å²) in [5, 5.41) is 3.86. The molecular weight excluding hydrogens is 310 g/mol. The van der Waals surface area contributed by atoms with Crippen molar-refractivity contribution in [1.82, 2.24) is 14.5 Å². The molecule has 1 fully saturated rings. The van der Waals surface area contributed by atoms with Crippen LogP contribution in [0.5, 0.6) is 0 Å². The molecule has 0 radical (unpaired) electrons. The predicted octanol–water partition coefficient (Wildman–Crippen LogP) is 2.74. The van der Waals surface area contributed by atoms with Crippen LogP contribution in [0, 0.1) is 5.92 Å². The average molecular weight is 331 g/mol. The number of ether oxygens (including phenoxy) is 1. The smallest absolute Gasteiger partial charge is 0.255 e. The first-order valence-corrected chi connectivity index (χ1v) is 9.05. The maximum atomic E-state index is 12.7. The molecule has 0 saturated heterocycles. The van der Waals surface area contributed by atoms with Crippen molar-refractivity contribution in [3.8, 4) is 0 Å². The van der Waals surface area contributed by atoms with E-state index in [1.165, 1.54) is 18.5 Å². The SMILES string of the molecule is COC[C@@H]1CN(C(=O)c2ccsc2)Cc2ncn(CC3CC3)c21. The molecule has 0 bridgehead atoms. The Bertz CT molecular complexity index is 691. The third-order valence-electron chi connectivity index (χ3n) is 4.70. The van der Waals surface area contributed by atoms with Crippen LogP contribution in [-0.4, -0.2) is 40.6 Å². The molecule has 2 aromatic heterocycles. The van der Waals surface area contributed by atoms with E-state index in [4.69, 9.17) is 4.74 Å². The Morgan fingerprint density at radius 3 is 3.04 bits per heavy atom. The number of rotatable bonds is 5. The second-order valence-electron chi connectivity index (χ2n) is 6.52. The lowest BCUT2D eigenvalue weighted by Gasteiger charge is -2.33. The van der Waals surface area contributed by atoms with E-state index in [9.17, 15) is 4.79 Å². The van der Waals surface area contributed by atoms with Crippen molar-refractivity contribution in [3.05, 3.63) is 40.1 Å². The van der Waals surface area contributed by atoms with Crippen molar-refractivity contribution < 1.29 is 9.53 Å². The number of nitrogens with zero attached hydrogens (tertiary/aromatic N) is 3. The van der Waals surface area contributed by atoms with Gasteiger partial charge in [0, 0.05) is 37.2 Å². The van der Waals surface area contributed by atoms with Gasteiger partial charge in [-0.05, 0) is 30.2 Å². The van der Waals surface area contributed by atoms with Gasteiger partial charge in [-0.3, -0.25) is 4.79 Å². The van der Waals surface area contributed by atoms with Crippen molar-refractivity contribution in [3.63, 3.8) is 0 Å². The van der Waals surface area contributed by atoms with E-state index in [-0.39, 0.29) is 11.8 Å². The number of fused-ring (bicyclic) bond motifs is 1. The van der Waals surface area contributed by atoms with Crippen molar-refractivity contribution in [2.75, 3.05) is 20.3 Å². The molecule has 122 valence electrons. The molecule has 0 aromatic carbocycles. The number of aromatic nitrogens is 2. The Balaban J connectivity index is 1.60. The summed E-state index contributed by atoms with van der Waals surface area (Å²) in [6, 6.07) is 1.89. The molecule has 5 nitrogen and oxygen atoms in total. The minimum atomic E-state index is 0.0924. The standard InChI is InChI=1S/C17H21N3O2S/c1-22-9-14-7-19(17(21)13-4-5-23-10-13)8-15-16(14)20(11-18-15)6-12-2-3-12/h4-5,10-12,14H,2-3,6-9H2,1H3/t14-/m0/s1. The molecule has 6 heteroatoms. The number of amides is 1. The van der Waals surface area contributed by atoms with E-state index < -0.39 is 0 Å². The number of methoxy groups -OCH3 is 1. The van der Waals surface area contributed by atoms with E-state index in [1.54, 1.807) is 18.4 Å². The normalized spacial score (nSPS) is 20.6. The zero-order valence-corrected chi connectivity index (χ0v) is 14.1. The van der Waals surface area contributed by atoms with Crippen LogP contribution in [0.2, 0.25) is 0 Å². The number of carbonyl (C=O) groups is 1. The molecule has 3 heterocycles. The Hall–Kier alpha value is -1.66. The highest BCUT2D eigenvalue weighted by atomic mass is 32.1. The molecule has 0 N–H and O–H groups in total. The summed E-state index contributed by atoms with van der Waals surface area (Å²) < 4.78 is 7.72. The van der Waals surface area contributed by atoms with Crippen LogP contribution in [-0.2, 0) is 17.8 Å². The van der Waals surface area contributed by atoms with E-state index >= 15 is 0 Å². The number of hydrogen-bond donors (Lipinski definition) is 0. The minimum Gasteiger partial charge on any atom is -0.384 e. The monoisotopic (exact) mass is 331 g/mol. The first-order chi connectivity index (χ1) is 11.3. The maximum absolute atomic E-state index is 12.7. The van der Waals surface area contributed by atoms with E-state index in [2.05, 4.69) is 9.55 Å². The Morgan fingerprint density at radius 2 is 2.35 bits per heavy atom. The van der Waals surface area contributed by atoms with Crippen molar-refractivity contribution in [1.29, 1.82) is 0 Å². The van der Waals surface area contributed by atoms with E-state index in [0.717, 1.165) is 23.7 Å². The number of imidazole rings is 1. The van der Waals surface area contributed by atoms with Crippen LogP contribution in [0.15, 0.2) is 23.2 Å². The average Bonchev–Trinajstić information content (AvgIpc) is 3.04. The third-order valence-corrected chi connectivity index (χ3v) is 5.38. The zero-order valence-electron chi connectivity index (χ0n) is 13.3. The number of hydrogen-bond acceptors (Lipinski definition) is 4. The minimum absolute atomic E-state index is 0.0924. The van der Waals surface area contributed by atoms with Gasteiger partial charge in [0.05, 0.1) is 30.7 Å². The van der Waals surface area contributed by atoms with Crippen molar-refractivity contribution in [2.45, 2.75) is 31.8 Å². The predicted molar refractivity (Wildman–Crippen MR) is 88.6 cm³/mol. The highest BCUT2D eigenvalue weighted by Crippen LogP contribution is 2.34. The van der Waals surface area contributed by atoms with Crippen LogP contribution >= 0.6 is 11.3 Å². The van der Waals surface area contributed by atoms with Gasteiger partial charge in [0.1, 0.15) is 0 Å². The second kappa shape index (κ2) is 6.09. The second-order valence-corrected chi connectivity index (χ2v) is 7.30. The largest absolute Gasteiger partial charge is 0.384 e. The lowest BCUT2D eigenvalue weighted by Crippen LogP contribution is -2.40. The molecule has 2 aromatic rings. The summed E-state index contributed by atoms with van der Waals surface area (Å²) in [6.45, 7) is 2.98. The summed E-state index contributed by atoms with van der Waals surface area (Å²) in [5.74, 6) is 1.10. The molecule has 1 amide bonds. The molecule has 1 atom stereocenters. The van der Waals surface area contributed by atoms with Crippen LogP contribution in [0.1, 0.15) is 40.5 Å². The van der Waals surface area contributed by atoms with Crippen LogP contribution in [0.3, 0.4) is 0 Å². The van der Waals surface area contributed by atoms with Crippen molar-refractivity contribution >= 4 is 17.2 Å². The topological polar surface area (TPSA) is 47.4 Å². The fourth-order valence-corrected chi connectivity index (χ4v) is 4.03. The molecule has 0 unspecified atom stereocenters. The Kier molecular flexibility index (Phi) is 3.95. The lowest BCUT2D eigenvalue weighted by atomic mass is 9.98. The van der Waals surface area contributed by atoms with Gasteiger partial charge >= 0.3 is 0 Å². The molecule has 23 heavy (non-hydrogen) atoms. The highest BCUT2D eigenvalue weighted by Gasteiger charge is 2.33. The van der Waals surface area contributed by atoms with Gasteiger partial charge in [0.2, 0.25) is 0 Å². The van der Waals surface area contributed by atoms with Gasteiger partial charge in [-0.2, -0.15) is 11.3 Å². The van der Waals surface area contributed by atoms with Gasteiger partial charge in [-0.25, -0.2) is 4.98 Å². The van der Waals surface area contributed by atoms with Gasteiger partial charge in [0.15, 0.2) is 0 Å². The molecule has 2 aliphatic rings. The molecule has 4 rings (SSSR count). The van der Waals surface area contributed by atoms with E-state index in [0.29, 0.717) is 19.7 Å². The van der Waals surface area contributed by atoms with Crippen LogP contribution in [0.4, 0.5) is 0 Å². The third kappa shape index (κ3) is 2.93. The molecule has 1 aliphatic heterocycles. The van der Waals surface area contributed by atoms with E-state index in [1.807, 2.05) is 28.1 Å². The molecule has 0 spiro atoms. The zero-order chi connectivity index (χ0) is 15.8. The van der Waals surface area contributed by atoms with Gasteiger partial charge in [-0.1, -0.05) is 0 Å². The Labute approximate surface area is 139 Å². The van der Waals surface area contributed by atoms with Crippen LogP contribution in [0.25, 0.3) is 0 Å². The number of carbonyl (C=O) groups excluding carboxylic acids is 1. The molecule has 1 saturated carbocycles. The maximum Gasteiger partial charge on any atom is 0.255 e. The van der Waals surface area contributed by atoms with Gasteiger partial charge in [0.25, 0.3) is 5.91 Å². The van der Waals surface area contributed by atoms with Crippen LogP contribution < -0.4 is 0 Å². The first kappa shape index (κ1) is 14.9. The first-order valence-electron chi connectivity index (χ1n) is 8.10. The summed E-state index contributed by atoms with van der Waals surface area (Å²) in [6.07, 6.45) is 4.60. The quantitative estimate of drug-likeness (QED) is 0.846. The van der Waals surface area contributed by atoms with Crippen molar-refractivity contribution in [2.24, 2.45) is 5.92 Å². The molecule has 1 aliphatic carbocycles. The summed E-state index contributed by atoms with van der Waals surface area (Å²) in [5.41, 5.74) is 3.07. The highest BCUT2D eigenvalue weighted by molar-refractivity contribution is 7.08. The summed E-state index contributed by atoms with van der Waals surface area (Å²) in [7, 11) is 1.72. The molecular formula is C17H21N3O2S. The lowest BCUT2D eigenvalue weighted by molar-refractivity contribution is 0.0673.